The van der Waals surface area contributed by atoms with E-state index in [1.807, 2.05) is 38.1 Å². The summed E-state index contributed by atoms with van der Waals surface area (Å²) in [7, 11) is 0. The standard InChI is InChI=1S/C15H22N2O2/c1-11-5-3-4-6-13(11)12(2)17-14(18)15(16)7-9-19-10-8-15/h3-6,12H,7-10,16H2,1-2H3,(H,17,18)/t12-/m0/s1. The maximum Gasteiger partial charge on any atom is 0.240 e. The Hall–Kier alpha value is -1.39. The molecule has 0 unspecified atom stereocenters. The average Bonchev–Trinajstić information content (AvgIpc) is 2.40. The van der Waals surface area contributed by atoms with Crippen LogP contribution < -0.4 is 11.1 Å². The number of hydrogen-bond acceptors (Lipinski definition) is 3. The molecule has 0 spiro atoms. The number of ether oxygens (including phenoxy) is 1. The number of carbonyl (C=O) groups is 1. The summed E-state index contributed by atoms with van der Waals surface area (Å²) in [4.78, 5) is 12.3. The minimum Gasteiger partial charge on any atom is -0.381 e. The minimum absolute atomic E-state index is 0.0306. The SMILES string of the molecule is Cc1ccccc1[C@H](C)NC(=O)C1(N)CCOCC1. The van der Waals surface area contributed by atoms with E-state index in [9.17, 15) is 4.79 Å². The highest BCUT2D eigenvalue weighted by molar-refractivity contribution is 5.86. The molecule has 1 aliphatic heterocycles. The monoisotopic (exact) mass is 262 g/mol. The molecule has 1 heterocycles. The van der Waals surface area contributed by atoms with Gasteiger partial charge in [-0.2, -0.15) is 0 Å². The molecule has 4 heteroatoms. The van der Waals surface area contributed by atoms with Crippen molar-refractivity contribution in [2.24, 2.45) is 5.73 Å². The van der Waals surface area contributed by atoms with Crippen molar-refractivity contribution in [3.8, 4) is 0 Å². The summed E-state index contributed by atoms with van der Waals surface area (Å²) in [5.74, 6) is -0.0773. The lowest BCUT2D eigenvalue weighted by Crippen LogP contribution is -2.57. The van der Waals surface area contributed by atoms with Crippen LogP contribution in [0.3, 0.4) is 0 Å². The van der Waals surface area contributed by atoms with Crippen molar-refractivity contribution in [3.05, 3.63) is 35.4 Å². The molecule has 1 fully saturated rings. The van der Waals surface area contributed by atoms with Gasteiger partial charge in [0.15, 0.2) is 0 Å². The summed E-state index contributed by atoms with van der Waals surface area (Å²) in [6.45, 7) is 5.15. The summed E-state index contributed by atoms with van der Waals surface area (Å²) in [6.07, 6.45) is 1.17. The van der Waals surface area contributed by atoms with E-state index in [-0.39, 0.29) is 11.9 Å². The third-order valence-electron chi connectivity index (χ3n) is 3.84. The number of aryl methyl sites for hydroxylation is 1. The van der Waals surface area contributed by atoms with Gasteiger partial charge < -0.3 is 15.8 Å². The minimum atomic E-state index is -0.783. The molecule has 0 aliphatic carbocycles. The number of benzene rings is 1. The molecule has 1 aromatic rings. The van der Waals surface area contributed by atoms with Crippen LogP contribution >= 0.6 is 0 Å². The van der Waals surface area contributed by atoms with E-state index >= 15 is 0 Å². The maximum atomic E-state index is 12.3. The third-order valence-corrected chi connectivity index (χ3v) is 3.84. The first-order chi connectivity index (χ1) is 9.03. The van der Waals surface area contributed by atoms with Gasteiger partial charge in [0.1, 0.15) is 0 Å². The van der Waals surface area contributed by atoms with E-state index in [1.165, 1.54) is 5.56 Å². The van der Waals surface area contributed by atoms with Crippen LogP contribution in [0.2, 0.25) is 0 Å². The molecule has 0 radical (unpaired) electrons. The van der Waals surface area contributed by atoms with Crippen LogP contribution in [0, 0.1) is 6.92 Å². The van der Waals surface area contributed by atoms with Crippen LogP contribution in [0.1, 0.15) is 36.9 Å². The third kappa shape index (κ3) is 3.14. The van der Waals surface area contributed by atoms with Crippen molar-refractivity contribution in [1.82, 2.24) is 5.32 Å². The fraction of sp³-hybridized carbons (Fsp3) is 0.533. The first-order valence-corrected chi connectivity index (χ1v) is 6.76. The molecule has 1 aromatic carbocycles. The van der Waals surface area contributed by atoms with Gasteiger partial charge >= 0.3 is 0 Å². The Balaban J connectivity index is 2.04. The van der Waals surface area contributed by atoms with Crippen molar-refractivity contribution in [1.29, 1.82) is 0 Å². The molecular weight excluding hydrogens is 240 g/mol. The van der Waals surface area contributed by atoms with Gasteiger partial charge in [-0.05, 0) is 37.8 Å². The largest absolute Gasteiger partial charge is 0.381 e. The topological polar surface area (TPSA) is 64.4 Å². The maximum absolute atomic E-state index is 12.3. The predicted molar refractivity (Wildman–Crippen MR) is 74.7 cm³/mol. The van der Waals surface area contributed by atoms with E-state index in [1.54, 1.807) is 0 Å². The summed E-state index contributed by atoms with van der Waals surface area (Å²) in [5.41, 5.74) is 7.70. The van der Waals surface area contributed by atoms with Gasteiger partial charge in [-0.3, -0.25) is 4.79 Å². The zero-order valence-corrected chi connectivity index (χ0v) is 11.6. The number of rotatable bonds is 3. The molecule has 1 saturated heterocycles. The second kappa shape index (κ2) is 5.72. The molecular formula is C15H22N2O2. The molecule has 2 rings (SSSR count). The van der Waals surface area contributed by atoms with Crippen LogP contribution in [0.25, 0.3) is 0 Å². The highest BCUT2D eigenvalue weighted by atomic mass is 16.5. The van der Waals surface area contributed by atoms with Crippen molar-refractivity contribution in [2.75, 3.05) is 13.2 Å². The zero-order valence-electron chi connectivity index (χ0n) is 11.6. The average molecular weight is 262 g/mol. The molecule has 1 atom stereocenters. The normalized spacial score (nSPS) is 19.7. The first kappa shape index (κ1) is 14.0. The van der Waals surface area contributed by atoms with Crippen molar-refractivity contribution >= 4 is 5.91 Å². The van der Waals surface area contributed by atoms with Crippen molar-refractivity contribution in [3.63, 3.8) is 0 Å². The van der Waals surface area contributed by atoms with E-state index in [2.05, 4.69) is 5.32 Å². The molecule has 1 aliphatic rings. The molecule has 0 bridgehead atoms. The molecule has 3 N–H and O–H groups in total. The van der Waals surface area contributed by atoms with Gasteiger partial charge in [-0.25, -0.2) is 0 Å². The van der Waals surface area contributed by atoms with Gasteiger partial charge in [0.05, 0.1) is 11.6 Å². The zero-order chi connectivity index (χ0) is 13.9. The summed E-state index contributed by atoms with van der Waals surface area (Å²) < 4.78 is 5.26. The van der Waals surface area contributed by atoms with Gasteiger partial charge in [0, 0.05) is 13.2 Å². The van der Waals surface area contributed by atoms with Crippen molar-refractivity contribution < 1.29 is 9.53 Å². The lowest BCUT2D eigenvalue weighted by atomic mass is 9.89. The fourth-order valence-corrected chi connectivity index (χ4v) is 2.45. The smallest absolute Gasteiger partial charge is 0.240 e. The Morgan fingerprint density at radius 2 is 2.00 bits per heavy atom. The molecule has 0 aromatic heterocycles. The predicted octanol–water partition coefficient (Wildman–Crippen LogP) is 1.68. The quantitative estimate of drug-likeness (QED) is 0.871. The van der Waals surface area contributed by atoms with E-state index < -0.39 is 5.54 Å². The molecule has 4 nitrogen and oxygen atoms in total. The van der Waals surface area contributed by atoms with Gasteiger partial charge in [-0.1, -0.05) is 24.3 Å². The van der Waals surface area contributed by atoms with Crippen molar-refractivity contribution in [2.45, 2.75) is 38.3 Å². The Morgan fingerprint density at radius 1 is 1.37 bits per heavy atom. The number of hydrogen-bond donors (Lipinski definition) is 2. The Morgan fingerprint density at radius 3 is 2.63 bits per heavy atom. The number of amides is 1. The van der Waals surface area contributed by atoms with Crippen LogP contribution in [-0.4, -0.2) is 24.7 Å². The summed E-state index contributed by atoms with van der Waals surface area (Å²) >= 11 is 0. The number of nitrogens with two attached hydrogens (primary N) is 1. The Labute approximate surface area is 114 Å². The Bertz CT molecular complexity index is 453. The lowest BCUT2D eigenvalue weighted by molar-refractivity contribution is -0.130. The van der Waals surface area contributed by atoms with E-state index in [0.717, 1.165) is 5.56 Å². The highest BCUT2D eigenvalue weighted by Crippen LogP contribution is 2.21. The van der Waals surface area contributed by atoms with Crippen LogP contribution in [0.5, 0.6) is 0 Å². The van der Waals surface area contributed by atoms with E-state index in [0.29, 0.717) is 26.1 Å². The van der Waals surface area contributed by atoms with Gasteiger partial charge in [0.25, 0.3) is 0 Å². The Kier molecular flexibility index (Phi) is 4.22. The second-order valence-corrected chi connectivity index (χ2v) is 5.32. The summed E-state index contributed by atoms with van der Waals surface area (Å²) in [6, 6.07) is 8.03. The molecule has 19 heavy (non-hydrogen) atoms. The van der Waals surface area contributed by atoms with Crippen LogP contribution in [-0.2, 0) is 9.53 Å². The van der Waals surface area contributed by atoms with Gasteiger partial charge in [0.2, 0.25) is 5.91 Å². The molecule has 1 amide bonds. The number of nitrogens with one attached hydrogen (secondary N) is 1. The summed E-state index contributed by atoms with van der Waals surface area (Å²) in [5, 5.41) is 3.03. The van der Waals surface area contributed by atoms with Crippen LogP contribution in [0.15, 0.2) is 24.3 Å². The first-order valence-electron chi connectivity index (χ1n) is 6.76. The van der Waals surface area contributed by atoms with Crippen LogP contribution in [0.4, 0.5) is 0 Å². The molecule has 0 saturated carbocycles. The highest BCUT2D eigenvalue weighted by Gasteiger charge is 2.36. The second-order valence-electron chi connectivity index (χ2n) is 5.32. The fourth-order valence-electron chi connectivity index (χ4n) is 2.45. The van der Waals surface area contributed by atoms with Gasteiger partial charge in [-0.15, -0.1) is 0 Å². The lowest BCUT2D eigenvalue weighted by Gasteiger charge is -2.33. The number of carbonyl (C=O) groups excluding carboxylic acids is 1. The molecule has 104 valence electrons. The van der Waals surface area contributed by atoms with E-state index in [4.69, 9.17) is 10.5 Å².